The minimum absolute atomic E-state index is 0.0278. The monoisotopic (exact) mass is 346 g/mol. The molecule has 1 aliphatic rings. The average Bonchev–Trinajstić information content (AvgIpc) is 3.09. The van der Waals surface area contributed by atoms with E-state index in [1.165, 1.54) is 6.20 Å². The second-order valence-corrected chi connectivity index (χ2v) is 6.21. The highest BCUT2D eigenvalue weighted by Gasteiger charge is 2.24. The SMILES string of the molecule is O=C(c1ccc(Cl)nc1)N(Cc1ccccc1O)CC1CCCO1. The Hall–Kier alpha value is -2.11. The van der Waals surface area contributed by atoms with E-state index in [0.717, 1.165) is 19.4 Å². The van der Waals surface area contributed by atoms with Gasteiger partial charge in [0, 0.05) is 31.5 Å². The Morgan fingerprint density at radius 2 is 2.17 bits per heavy atom. The van der Waals surface area contributed by atoms with Crippen molar-refractivity contribution >= 4 is 17.5 Å². The Morgan fingerprint density at radius 3 is 2.83 bits per heavy atom. The van der Waals surface area contributed by atoms with Crippen molar-refractivity contribution in [3.05, 3.63) is 58.9 Å². The lowest BCUT2D eigenvalue weighted by molar-refractivity contribution is 0.0505. The molecule has 6 heteroatoms. The Morgan fingerprint density at radius 1 is 1.33 bits per heavy atom. The van der Waals surface area contributed by atoms with Gasteiger partial charge in [-0.1, -0.05) is 29.8 Å². The number of halogens is 1. The number of aromatic nitrogens is 1. The van der Waals surface area contributed by atoms with E-state index >= 15 is 0 Å². The number of phenolic OH excluding ortho intramolecular Hbond substituents is 1. The van der Waals surface area contributed by atoms with Crippen LogP contribution < -0.4 is 0 Å². The number of para-hydroxylation sites is 1. The number of benzene rings is 1. The summed E-state index contributed by atoms with van der Waals surface area (Å²) in [4.78, 5) is 18.5. The van der Waals surface area contributed by atoms with E-state index in [-0.39, 0.29) is 17.8 Å². The Labute approximate surface area is 145 Å². The van der Waals surface area contributed by atoms with Crippen LogP contribution in [0.15, 0.2) is 42.6 Å². The van der Waals surface area contributed by atoms with Crippen LogP contribution >= 0.6 is 11.6 Å². The van der Waals surface area contributed by atoms with Gasteiger partial charge in [-0.25, -0.2) is 4.98 Å². The lowest BCUT2D eigenvalue weighted by Gasteiger charge is -2.26. The van der Waals surface area contributed by atoms with Gasteiger partial charge in [0.25, 0.3) is 5.91 Å². The van der Waals surface area contributed by atoms with Crippen LogP contribution in [-0.4, -0.2) is 40.2 Å². The first-order valence-corrected chi connectivity index (χ1v) is 8.30. The zero-order valence-corrected chi connectivity index (χ0v) is 13.9. The minimum Gasteiger partial charge on any atom is -0.508 e. The van der Waals surface area contributed by atoms with Crippen LogP contribution in [0.1, 0.15) is 28.8 Å². The van der Waals surface area contributed by atoms with E-state index < -0.39 is 0 Å². The smallest absolute Gasteiger partial charge is 0.255 e. The van der Waals surface area contributed by atoms with Gasteiger partial charge in [0.15, 0.2) is 0 Å². The molecular formula is C18H19ClN2O3. The van der Waals surface area contributed by atoms with Crippen molar-refractivity contribution in [2.75, 3.05) is 13.2 Å². The number of rotatable bonds is 5. The molecule has 1 atom stereocenters. The lowest BCUT2D eigenvalue weighted by Crippen LogP contribution is -2.37. The molecule has 5 nitrogen and oxygen atoms in total. The highest BCUT2D eigenvalue weighted by Crippen LogP contribution is 2.21. The fourth-order valence-corrected chi connectivity index (χ4v) is 2.90. The topological polar surface area (TPSA) is 62.7 Å². The summed E-state index contributed by atoms with van der Waals surface area (Å²) in [7, 11) is 0. The van der Waals surface area contributed by atoms with E-state index in [9.17, 15) is 9.90 Å². The van der Waals surface area contributed by atoms with E-state index in [2.05, 4.69) is 4.98 Å². The summed E-state index contributed by atoms with van der Waals surface area (Å²) < 4.78 is 5.66. The molecule has 1 fully saturated rings. The fourth-order valence-electron chi connectivity index (χ4n) is 2.79. The number of pyridine rings is 1. The van der Waals surface area contributed by atoms with Crippen molar-refractivity contribution in [1.82, 2.24) is 9.88 Å². The molecule has 1 N–H and O–H groups in total. The van der Waals surface area contributed by atoms with Crippen LogP contribution in [0.2, 0.25) is 5.15 Å². The number of carbonyl (C=O) groups is 1. The molecule has 1 aromatic carbocycles. The number of hydrogen-bond donors (Lipinski definition) is 1. The average molecular weight is 347 g/mol. The number of carbonyl (C=O) groups excluding carboxylic acids is 1. The molecule has 0 aliphatic carbocycles. The number of phenols is 1. The van der Waals surface area contributed by atoms with Crippen molar-refractivity contribution in [3.8, 4) is 5.75 Å². The van der Waals surface area contributed by atoms with Crippen molar-refractivity contribution in [1.29, 1.82) is 0 Å². The minimum atomic E-state index is -0.155. The highest BCUT2D eigenvalue weighted by atomic mass is 35.5. The van der Waals surface area contributed by atoms with E-state index in [1.54, 1.807) is 29.2 Å². The molecule has 0 radical (unpaired) electrons. The van der Waals surface area contributed by atoms with Gasteiger partial charge in [-0.3, -0.25) is 4.79 Å². The molecule has 0 bridgehead atoms. The van der Waals surface area contributed by atoms with Gasteiger partial charge in [0.1, 0.15) is 10.9 Å². The molecule has 2 heterocycles. The fraction of sp³-hybridized carbons (Fsp3) is 0.333. The largest absolute Gasteiger partial charge is 0.508 e. The summed E-state index contributed by atoms with van der Waals surface area (Å²) in [5.74, 6) is 0.0230. The van der Waals surface area contributed by atoms with E-state index in [0.29, 0.717) is 29.4 Å². The summed E-state index contributed by atoms with van der Waals surface area (Å²) in [6.45, 7) is 1.52. The van der Waals surface area contributed by atoms with Crippen molar-refractivity contribution in [2.24, 2.45) is 0 Å². The Balaban J connectivity index is 1.81. The van der Waals surface area contributed by atoms with Crippen LogP contribution in [-0.2, 0) is 11.3 Å². The molecular weight excluding hydrogens is 328 g/mol. The number of nitrogens with zero attached hydrogens (tertiary/aromatic N) is 2. The lowest BCUT2D eigenvalue weighted by atomic mass is 10.1. The summed E-state index contributed by atoms with van der Waals surface area (Å²) in [6, 6.07) is 10.3. The molecule has 1 unspecified atom stereocenters. The number of hydrogen-bond acceptors (Lipinski definition) is 4. The van der Waals surface area contributed by atoms with E-state index in [1.807, 2.05) is 12.1 Å². The van der Waals surface area contributed by atoms with E-state index in [4.69, 9.17) is 16.3 Å². The summed E-state index contributed by atoms with van der Waals surface area (Å²) >= 11 is 5.79. The molecule has 0 saturated carbocycles. The maximum absolute atomic E-state index is 12.9. The van der Waals surface area contributed by atoms with Crippen molar-refractivity contribution in [2.45, 2.75) is 25.5 Å². The molecule has 2 aromatic rings. The second-order valence-electron chi connectivity index (χ2n) is 5.82. The maximum Gasteiger partial charge on any atom is 0.255 e. The molecule has 1 amide bonds. The number of ether oxygens (including phenoxy) is 1. The highest BCUT2D eigenvalue weighted by molar-refractivity contribution is 6.29. The second kappa shape index (κ2) is 7.64. The van der Waals surface area contributed by atoms with Crippen LogP contribution in [0.4, 0.5) is 0 Å². The molecule has 126 valence electrons. The molecule has 3 rings (SSSR count). The first-order valence-electron chi connectivity index (χ1n) is 7.93. The molecule has 1 aliphatic heterocycles. The summed E-state index contributed by atoms with van der Waals surface area (Å²) in [5, 5.41) is 10.4. The maximum atomic E-state index is 12.9. The zero-order valence-electron chi connectivity index (χ0n) is 13.2. The predicted octanol–water partition coefficient (Wildman–Crippen LogP) is 3.26. The first kappa shape index (κ1) is 16.7. The summed E-state index contributed by atoms with van der Waals surface area (Å²) in [6.07, 6.45) is 3.44. The van der Waals surface area contributed by atoms with Crippen molar-refractivity contribution in [3.63, 3.8) is 0 Å². The van der Waals surface area contributed by atoms with Gasteiger partial charge in [-0.15, -0.1) is 0 Å². The molecule has 24 heavy (non-hydrogen) atoms. The molecule has 1 saturated heterocycles. The van der Waals surface area contributed by atoms with Gasteiger partial charge in [-0.05, 0) is 31.0 Å². The molecule has 0 spiro atoms. The normalized spacial score (nSPS) is 17.0. The zero-order chi connectivity index (χ0) is 16.9. The third-order valence-electron chi connectivity index (χ3n) is 4.06. The first-order chi connectivity index (χ1) is 11.6. The third kappa shape index (κ3) is 4.04. The Kier molecular flexibility index (Phi) is 5.33. The predicted molar refractivity (Wildman–Crippen MR) is 91.1 cm³/mol. The van der Waals surface area contributed by atoms with Crippen molar-refractivity contribution < 1.29 is 14.6 Å². The van der Waals surface area contributed by atoms with Gasteiger partial charge >= 0.3 is 0 Å². The van der Waals surface area contributed by atoms with Gasteiger partial charge < -0.3 is 14.7 Å². The van der Waals surface area contributed by atoms with Crippen LogP contribution in [0.25, 0.3) is 0 Å². The number of aromatic hydroxyl groups is 1. The van der Waals surface area contributed by atoms with Gasteiger partial charge in [0.2, 0.25) is 0 Å². The quantitative estimate of drug-likeness (QED) is 0.844. The number of amides is 1. The Bertz CT molecular complexity index is 700. The van der Waals surface area contributed by atoms with Crippen LogP contribution in [0.5, 0.6) is 5.75 Å². The summed E-state index contributed by atoms with van der Waals surface area (Å²) in [5.41, 5.74) is 1.17. The standard InChI is InChI=1S/C18H19ClN2O3/c19-17-8-7-13(10-20-17)18(23)21(12-15-5-3-9-24-15)11-14-4-1-2-6-16(14)22/h1-2,4,6-8,10,15,22H,3,5,9,11-12H2. The van der Waals surface area contributed by atoms with Crippen LogP contribution in [0.3, 0.4) is 0 Å². The third-order valence-corrected chi connectivity index (χ3v) is 4.29. The van der Waals surface area contributed by atoms with Gasteiger partial charge in [0.05, 0.1) is 11.7 Å². The molecule has 1 aromatic heterocycles. The van der Waals surface area contributed by atoms with Gasteiger partial charge in [-0.2, -0.15) is 0 Å². The van der Waals surface area contributed by atoms with Crippen LogP contribution in [0, 0.1) is 0 Å².